The first-order valence-corrected chi connectivity index (χ1v) is 7.87. The van der Waals surface area contributed by atoms with Crippen LogP contribution in [0.25, 0.3) is 0 Å². The third kappa shape index (κ3) is 5.27. The Balaban J connectivity index is 2.34. The molecule has 1 aliphatic rings. The van der Waals surface area contributed by atoms with Gasteiger partial charge in [0.05, 0.1) is 6.17 Å². The maximum absolute atomic E-state index is 2.69. The second kappa shape index (κ2) is 7.49. The van der Waals surface area contributed by atoms with E-state index in [1.165, 1.54) is 58.0 Å². The maximum atomic E-state index is 2.69. The Morgan fingerprint density at radius 1 is 1.17 bits per heavy atom. The number of nitrogens with zero attached hydrogens (tertiary/aromatic N) is 2. The summed E-state index contributed by atoms with van der Waals surface area (Å²) in [6.45, 7) is 9.74. The highest BCUT2D eigenvalue weighted by Gasteiger charge is 2.30. The summed E-state index contributed by atoms with van der Waals surface area (Å²) < 4.78 is 0. The normalized spacial score (nSPS) is 22.0. The predicted molar refractivity (Wildman–Crippen MR) is 80.8 cm³/mol. The summed E-state index contributed by atoms with van der Waals surface area (Å²) in [5.74, 6) is 0. The van der Waals surface area contributed by atoms with Crippen molar-refractivity contribution in [3.05, 3.63) is 0 Å². The molecule has 0 amide bonds. The van der Waals surface area contributed by atoms with Crippen LogP contribution in [-0.2, 0) is 0 Å². The lowest BCUT2D eigenvalue weighted by Crippen LogP contribution is -2.44. The summed E-state index contributed by atoms with van der Waals surface area (Å²) in [5.41, 5.74) is 0.479. The van der Waals surface area contributed by atoms with Crippen molar-refractivity contribution >= 4 is 0 Å². The van der Waals surface area contributed by atoms with Crippen LogP contribution in [0.4, 0.5) is 0 Å². The van der Waals surface area contributed by atoms with Gasteiger partial charge >= 0.3 is 0 Å². The van der Waals surface area contributed by atoms with E-state index >= 15 is 0 Å². The predicted octanol–water partition coefficient (Wildman–Crippen LogP) is 3.97. The Morgan fingerprint density at radius 3 is 2.50 bits per heavy atom. The van der Waals surface area contributed by atoms with E-state index in [0.29, 0.717) is 11.6 Å². The number of rotatable bonds is 8. The van der Waals surface area contributed by atoms with Crippen molar-refractivity contribution in [3.63, 3.8) is 0 Å². The minimum Gasteiger partial charge on any atom is -0.294 e. The van der Waals surface area contributed by atoms with Gasteiger partial charge in [0.25, 0.3) is 0 Å². The van der Waals surface area contributed by atoms with Gasteiger partial charge in [0, 0.05) is 6.54 Å². The number of likely N-dealkylation sites (tertiary alicyclic amines) is 1. The van der Waals surface area contributed by atoms with Crippen LogP contribution in [0.3, 0.4) is 0 Å². The van der Waals surface area contributed by atoms with Crippen LogP contribution in [0.2, 0.25) is 0 Å². The molecule has 0 radical (unpaired) electrons. The lowest BCUT2D eigenvalue weighted by atomic mass is 9.86. The van der Waals surface area contributed by atoms with E-state index in [0.717, 1.165) is 0 Å². The van der Waals surface area contributed by atoms with Gasteiger partial charge in [-0.15, -0.1) is 0 Å². The van der Waals surface area contributed by atoms with E-state index < -0.39 is 0 Å². The molecule has 2 nitrogen and oxygen atoms in total. The maximum Gasteiger partial charge on any atom is 0.0618 e. The van der Waals surface area contributed by atoms with Gasteiger partial charge < -0.3 is 0 Å². The summed E-state index contributed by atoms with van der Waals surface area (Å²) in [7, 11) is 4.44. The molecule has 0 aromatic carbocycles. The summed E-state index contributed by atoms with van der Waals surface area (Å²) in [4.78, 5) is 5.08. The average Bonchev–Trinajstić information content (AvgIpc) is 2.72. The molecule has 0 aliphatic carbocycles. The van der Waals surface area contributed by atoms with Gasteiger partial charge in [0.15, 0.2) is 0 Å². The van der Waals surface area contributed by atoms with Crippen LogP contribution in [-0.4, -0.2) is 43.2 Å². The molecule has 2 heteroatoms. The lowest BCUT2D eigenvalue weighted by Gasteiger charge is -2.36. The second-order valence-corrected chi connectivity index (χ2v) is 7.03. The molecule has 1 heterocycles. The molecular formula is C16H34N2. The zero-order valence-electron chi connectivity index (χ0n) is 13.3. The average molecular weight is 254 g/mol. The SMILES string of the molecule is CCCCCCC(C)(C)CN1CCCC1N(C)C. The zero-order valence-corrected chi connectivity index (χ0v) is 13.3. The van der Waals surface area contributed by atoms with E-state index in [1.54, 1.807) is 0 Å². The molecule has 0 spiro atoms. The van der Waals surface area contributed by atoms with Crippen LogP contribution < -0.4 is 0 Å². The third-order valence-corrected chi connectivity index (χ3v) is 4.26. The highest BCUT2D eigenvalue weighted by atomic mass is 15.3. The zero-order chi connectivity index (χ0) is 13.6. The Kier molecular flexibility index (Phi) is 6.65. The van der Waals surface area contributed by atoms with Crippen molar-refractivity contribution in [2.75, 3.05) is 27.2 Å². The van der Waals surface area contributed by atoms with E-state index in [9.17, 15) is 0 Å². The summed E-state index contributed by atoms with van der Waals surface area (Å²) in [6.07, 6.45) is 10.3. The first-order chi connectivity index (χ1) is 8.46. The number of unbranched alkanes of at least 4 members (excludes halogenated alkanes) is 3. The highest BCUT2D eigenvalue weighted by Crippen LogP contribution is 2.29. The minimum atomic E-state index is 0.479. The van der Waals surface area contributed by atoms with E-state index in [-0.39, 0.29) is 0 Å². The Bertz CT molecular complexity index is 223. The summed E-state index contributed by atoms with van der Waals surface area (Å²) >= 11 is 0. The molecule has 1 aliphatic heterocycles. The quantitative estimate of drug-likeness (QED) is 0.605. The minimum absolute atomic E-state index is 0.479. The molecule has 1 fully saturated rings. The molecule has 0 bridgehead atoms. The fraction of sp³-hybridized carbons (Fsp3) is 1.00. The standard InChI is InChI=1S/C16H34N2/c1-6-7-8-9-12-16(2,3)14-18-13-10-11-15(18)17(4)5/h15H,6-14H2,1-5H3. The fourth-order valence-corrected chi connectivity index (χ4v) is 3.24. The number of hydrogen-bond donors (Lipinski definition) is 0. The first-order valence-electron chi connectivity index (χ1n) is 7.87. The van der Waals surface area contributed by atoms with Crippen LogP contribution in [0.5, 0.6) is 0 Å². The van der Waals surface area contributed by atoms with Crippen molar-refractivity contribution in [2.45, 2.75) is 71.9 Å². The first kappa shape index (κ1) is 16.0. The molecule has 0 saturated carbocycles. The molecule has 0 aromatic rings. The molecule has 1 saturated heterocycles. The molecule has 0 N–H and O–H groups in total. The van der Waals surface area contributed by atoms with Gasteiger partial charge in [0.2, 0.25) is 0 Å². The van der Waals surface area contributed by atoms with Crippen LogP contribution in [0.1, 0.15) is 65.7 Å². The van der Waals surface area contributed by atoms with Gasteiger partial charge in [-0.2, -0.15) is 0 Å². The smallest absolute Gasteiger partial charge is 0.0618 e. The molecule has 18 heavy (non-hydrogen) atoms. The van der Waals surface area contributed by atoms with E-state index in [4.69, 9.17) is 0 Å². The van der Waals surface area contributed by atoms with Crippen LogP contribution >= 0.6 is 0 Å². The van der Waals surface area contributed by atoms with Crippen molar-refractivity contribution in [2.24, 2.45) is 5.41 Å². The largest absolute Gasteiger partial charge is 0.294 e. The van der Waals surface area contributed by atoms with E-state index in [1.807, 2.05) is 0 Å². The third-order valence-electron chi connectivity index (χ3n) is 4.26. The topological polar surface area (TPSA) is 6.48 Å². The number of hydrogen-bond acceptors (Lipinski definition) is 2. The second-order valence-electron chi connectivity index (χ2n) is 7.03. The van der Waals surface area contributed by atoms with Crippen LogP contribution in [0, 0.1) is 5.41 Å². The van der Waals surface area contributed by atoms with Gasteiger partial charge in [-0.05, 0) is 45.3 Å². The monoisotopic (exact) mass is 254 g/mol. The van der Waals surface area contributed by atoms with E-state index in [2.05, 4.69) is 44.7 Å². The van der Waals surface area contributed by atoms with Crippen molar-refractivity contribution in [1.82, 2.24) is 9.80 Å². The van der Waals surface area contributed by atoms with Gasteiger partial charge in [-0.3, -0.25) is 9.80 Å². The highest BCUT2D eigenvalue weighted by molar-refractivity contribution is 4.82. The molecular weight excluding hydrogens is 220 g/mol. The van der Waals surface area contributed by atoms with Gasteiger partial charge in [-0.25, -0.2) is 0 Å². The van der Waals surface area contributed by atoms with Crippen molar-refractivity contribution in [3.8, 4) is 0 Å². The van der Waals surface area contributed by atoms with Crippen molar-refractivity contribution in [1.29, 1.82) is 0 Å². The lowest BCUT2D eigenvalue weighted by molar-refractivity contribution is 0.0772. The van der Waals surface area contributed by atoms with Crippen molar-refractivity contribution < 1.29 is 0 Å². The van der Waals surface area contributed by atoms with Crippen LogP contribution in [0.15, 0.2) is 0 Å². The molecule has 0 aromatic heterocycles. The Hall–Kier alpha value is -0.0800. The summed E-state index contributed by atoms with van der Waals surface area (Å²) in [6, 6.07) is 0. The van der Waals surface area contributed by atoms with Gasteiger partial charge in [-0.1, -0.05) is 46.5 Å². The molecule has 1 atom stereocenters. The molecule has 108 valence electrons. The Morgan fingerprint density at radius 2 is 1.89 bits per heavy atom. The van der Waals surface area contributed by atoms with Gasteiger partial charge in [0.1, 0.15) is 0 Å². The Labute approximate surface area is 115 Å². The molecule has 1 rings (SSSR count). The fourth-order valence-electron chi connectivity index (χ4n) is 3.24. The molecule has 1 unspecified atom stereocenters. The summed E-state index contributed by atoms with van der Waals surface area (Å²) in [5, 5.41) is 0.